The van der Waals surface area contributed by atoms with Gasteiger partial charge in [-0.1, -0.05) is 36.4 Å². The van der Waals surface area contributed by atoms with E-state index in [1.54, 1.807) is 0 Å². The molecule has 0 amide bonds. The van der Waals surface area contributed by atoms with E-state index in [4.69, 9.17) is 4.74 Å². The molecule has 0 aliphatic carbocycles. The van der Waals surface area contributed by atoms with Crippen molar-refractivity contribution < 1.29 is 9.84 Å². The van der Waals surface area contributed by atoms with Gasteiger partial charge < -0.3 is 14.4 Å². The van der Waals surface area contributed by atoms with Crippen molar-refractivity contribution >= 4 is 11.0 Å². The minimum Gasteiger partial charge on any atom is -0.491 e. The van der Waals surface area contributed by atoms with Crippen LogP contribution in [0.1, 0.15) is 11.4 Å². The van der Waals surface area contributed by atoms with E-state index >= 15 is 0 Å². The molecule has 0 aliphatic rings. The van der Waals surface area contributed by atoms with Gasteiger partial charge in [0.1, 0.15) is 24.8 Å². The number of nitrogens with zero attached hydrogens (tertiary/aromatic N) is 2. The summed E-state index contributed by atoms with van der Waals surface area (Å²) < 4.78 is 7.94. The highest BCUT2D eigenvalue weighted by molar-refractivity contribution is 5.75. The number of hydrogen-bond acceptors (Lipinski definition) is 3. The second-order valence-electron chi connectivity index (χ2n) is 5.28. The summed E-state index contributed by atoms with van der Waals surface area (Å²) in [5.41, 5.74) is 3.03. The first kappa shape index (κ1) is 15.3. The van der Waals surface area contributed by atoms with Crippen molar-refractivity contribution in [3.8, 4) is 5.75 Å². The lowest BCUT2D eigenvalue weighted by Crippen LogP contribution is -2.11. The number of benzene rings is 2. The Morgan fingerprint density at radius 1 is 1.13 bits per heavy atom. The highest BCUT2D eigenvalue weighted by Crippen LogP contribution is 2.20. The van der Waals surface area contributed by atoms with Crippen molar-refractivity contribution in [2.24, 2.45) is 0 Å². The number of imidazole rings is 1. The molecule has 1 N–H and O–H groups in total. The monoisotopic (exact) mass is 308 g/mol. The summed E-state index contributed by atoms with van der Waals surface area (Å²) in [4.78, 5) is 4.45. The molecule has 0 fully saturated rings. The van der Waals surface area contributed by atoms with Crippen molar-refractivity contribution in [2.45, 2.75) is 19.6 Å². The van der Waals surface area contributed by atoms with Crippen molar-refractivity contribution in [1.82, 2.24) is 9.55 Å². The molecule has 1 heterocycles. The highest BCUT2D eigenvalue weighted by atomic mass is 16.5. The fourth-order valence-corrected chi connectivity index (χ4v) is 2.71. The number of aliphatic hydroxyl groups excluding tert-OH is 1. The van der Waals surface area contributed by atoms with Gasteiger partial charge in [-0.3, -0.25) is 0 Å². The Hall–Kier alpha value is -2.59. The quantitative estimate of drug-likeness (QED) is 0.681. The van der Waals surface area contributed by atoms with E-state index in [0.717, 1.165) is 28.8 Å². The summed E-state index contributed by atoms with van der Waals surface area (Å²) in [7, 11) is 0. The lowest BCUT2D eigenvalue weighted by atomic mass is 10.1. The van der Waals surface area contributed by atoms with Gasteiger partial charge in [0.15, 0.2) is 0 Å². The molecule has 0 spiro atoms. The molecule has 0 aliphatic heterocycles. The Morgan fingerprint density at radius 2 is 1.91 bits per heavy atom. The minimum atomic E-state index is -0.0816. The van der Waals surface area contributed by atoms with Crippen LogP contribution >= 0.6 is 0 Å². The van der Waals surface area contributed by atoms with Crippen molar-refractivity contribution in [2.75, 3.05) is 6.61 Å². The van der Waals surface area contributed by atoms with Crippen LogP contribution < -0.4 is 4.74 Å². The normalized spacial score (nSPS) is 10.8. The van der Waals surface area contributed by atoms with Gasteiger partial charge in [0.25, 0.3) is 0 Å². The second-order valence-corrected chi connectivity index (χ2v) is 5.28. The van der Waals surface area contributed by atoms with Gasteiger partial charge >= 0.3 is 0 Å². The molecule has 118 valence electrons. The molecule has 0 saturated heterocycles. The lowest BCUT2D eigenvalue weighted by molar-refractivity contribution is 0.255. The predicted octanol–water partition coefficient (Wildman–Crippen LogP) is 3.34. The summed E-state index contributed by atoms with van der Waals surface area (Å²) in [6.45, 7) is 4.85. The van der Waals surface area contributed by atoms with Gasteiger partial charge in [-0.05, 0) is 30.2 Å². The molecule has 3 aromatic rings. The molecule has 23 heavy (non-hydrogen) atoms. The summed E-state index contributed by atoms with van der Waals surface area (Å²) in [5, 5.41) is 9.51. The van der Waals surface area contributed by atoms with E-state index in [1.165, 1.54) is 0 Å². The van der Waals surface area contributed by atoms with Gasteiger partial charge in [-0.25, -0.2) is 4.98 Å². The number of rotatable bonds is 7. The molecular formula is C19H20N2O2. The number of aliphatic hydroxyl groups is 1. The second kappa shape index (κ2) is 7.11. The molecule has 0 atom stereocenters. The van der Waals surface area contributed by atoms with Gasteiger partial charge in [0.05, 0.1) is 17.6 Å². The zero-order valence-electron chi connectivity index (χ0n) is 13.0. The maximum atomic E-state index is 9.51. The van der Waals surface area contributed by atoms with Gasteiger partial charge in [-0.2, -0.15) is 0 Å². The maximum Gasteiger partial charge on any atom is 0.135 e. The molecule has 0 radical (unpaired) electrons. The van der Waals surface area contributed by atoms with Gasteiger partial charge in [0.2, 0.25) is 0 Å². The molecular weight excluding hydrogens is 288 g/mol. The number of ether oxygens (including phenoxy) is 1. The standard InChI is InChI=1S/C19H20N2O2/c1-2-7-15-8-3-6-11-18(15)23-13-12-21-17-10-5-4-9-16(17)20-19(21)14-22/h2-6,8-11,22H,1,7,12-14H2. The highest BCUT2D eigenvalue weighted by Gasteiger charge is 2.09. The molecule has 2 aromatic carbocycles. The molecule has 4 heteroatoms. The Labute approximate surface area is 135 Å². The fourth-order valence-electron chi connectivity index (χ4n) is 2.71. The summed E-state index contributed by atoms with van der Waals surface area (Å²) in [5.74, 6) is 1.54. The van der Waals surface area contributed by atoms with E-state index in [2.05, 4.69) is 11.6 Å². The first-order valence-electron chi connectivity index (χ1n) is 7.70. The SMILES string of the molecule is C=CCc1ccccc1OCCn1c(CO)nc2ccccc21. The van der Waals surface area contributed by atoms with Crippen LogP contribution in [0.25, 0.3) is 11.0 Å². The van der Waals surface area contributed by atoms with E-state index in [1.807, 2.05) is 59.2 Å². The summed E-state index contributed by atoms with van der Waals surface area (Å²) in [6, 6.07) is 15.9. The van der Waals surface area contributed by atoms with Crippen LogP contribution in [0.5, 0.6) is 5.75 Å². The van der Waals surface area contributed by atoms with Crippen molar-refractivity contribution in [3.05, 3.63) is 72.6 Å². The average molecular weight is 308 g/mol. The van der Waals surface area contributed by atoms with Crippen LogP contribution in [0.4, 0.5) is 0 Å². The van der Waals surface area contributed by atoms with E-state index in [-0.39, 0.29) is 6.61 Å². The Balaban J connectivity index is 1.75. The number of para-hydroxylation sites is 3. The maximum absolute atomic E-state index is 9.51. The molecule has 4 nitrogen and oxygen atoms in total. The van der Waals surface area contributed by atoms with E-state index < -0.39 is 0 Å². The topological polar surface area (TPSA) is 47.3 Å². The van der Waals surface area contributed by atoms with E-state index in [0.29, 0.717) is 19.0 Å². The van der Waals surface area contributed by atoms with Crippen LogP contribution in [-0.2, 0) is 19.6 Å². The van der Waals surface area contributed by atoms with Crippen LogP contribution in [-0.4, -0.2) is 21.3 Å². The first-order valence-corrected chi connectivity index (χ1v) is 7.70. The fraction of sp³-hybridized carbons (Fsp3) is 0.211. The Bertz CT molecular complexity index is 808. The molecule has 0 unspecified atom stereocenters. The smallest absolute Gasteiger partial charge is 0.135 e. The lowest BCUT2D eigenvalue weighted by Gasteiger charge is -2.12. The van der Waals surface area contributed by atoms with Crippen LogP contribution in [0.15, 0.2) is 61.2 Å². The van der Waals surface area contributed by atoms with E-state index in [9.17, 15) is 5.11 Å². The zero-order valence-corrected chi connectivity index (χ0v) is 13.0. The molecule has 0 bridgehead atoms. The Morgan fingerprint density at radius 3 is 2.74 bits per heavy atom. The largest absolute Gasteiger partial charge is 0.491 e. The van der Waals surface area contributed by atoms with Crippen LogP contribution in [0, 0.1) is 0 Å². The third kappa shape index (κ3) is 3.27. The third-order valence-corrected chi connectivity index (χ3v) is 3.78. The number of hydrogen-bond donors (Lipinski definition) is 1. The Kier molecular flexibility index (Phi) is 4.74. The number of aromatic nitrogens is 2. The van der Waals surface area contributed by atoms with Crippen molar-refractivity contribution in [1.29, 1.82) is 0 Å². The van der Waals surface area contributed by atoms with Crippen LogP contribution in [0.2, 0.25) is 0 Å². The summed E-state index contributed by atoms with van der Waals surface area (Å²) >= 11 is 0. The number of allylic oxidation sites excluding steroid dienone is 1. The molecule has 0 saturated carbocycles. The van der Waals surface area contributed by atoms with Gasteiger partial charge in [-0.15, -0.1) is 6.58 Å². The van der Waals surface area contributed by atoms with Crippen molar-refractivity contribution in [3.63, 3.8) is 0 Å². The van der Waals surface area contributed by atoms with Crippen LogP contribution in [0.3, 0.4) is 0 Å². The zero-order chi connectivity index (χ0) is 16.1. The predicted molar refractivity (Wildman–Crippen MR) is 91.5 cm³/mol. The van der Waals surface area contributed by atoms with Gasteiger partial charge in [0, 0.05) is 0 Å². The summed E-state index contributed by atoms with van der Waals surface area (Å²) in [6.07, 6.45) is 2.65. The first-order chi connectivity index (χ1) is 11.3. The molecule has 3 rings (SSSR count). The minimum absolute atomic E-state index is 0.0816. The number of fused-ring (bicyclic) bond motifs is 1. The molecule has 1 aromatic heterocycles. The average Bonchev–Trinajstić information content (AvgIpc) is 2.95. The third-order valence-electron chi connectivity index (χ3n) is 3.78.